The summed E-state index contributed by atoms with van der Waals surface area (Å²) in [4.78, 5) is 0. The first kappa shape index (κ1) is 29.4. The Hall–Kier alpha value is -2.15. The van der Waals surface area contributed by atoms with Crippen LogP contribution >= 0.6 is 0 Å². The summed E-state index contributed by atoms with van der Waals surface area (Å²) in [6.07, 6.45) is 5.85. The van der Waals surface area contributed by atoms with Gasteiger partial charge in [-0.05, 0) is 67.2 Å². The highest BCUT2D eigenvalue weighted by Gasteiger charge is 2.33. The van der Waals surface area contributed by atoms with Crippen molar-refractivity contribution in [2.24, 2.45) is 5.92 Å². The minimum Gasteiger partial charge on any atom is -0.406 e. The molecule has 1 fully saturated rings. The molecule has 0 N–H and O–H groups in total. The van der Waals surface area contributed by atoms with Crippen molar-refractivity contribution < 1.29 is 31.4 Å². The van der Waals surface area contributed by atoms with E-state index in [9.17, 15) is 22.0 Å². The van der Waals surface area contributed by atoms with E-state index in [-0.39, 0.29) is 24.3 Å². The van der Waals surface area contributed by atoms with Crippen LogP contribution in [0.1, 0.15) is 100 Å². The molecule has 37 heavy (non-hydrogen) atoms. The molecule has 0 atom stereocenters. The Labute approximate surface area is 217 Å². The molecule has 2 nitrogen and oxygen atoms in total. The maximum Gasteiger partial charge on any atom is 0.573 e. The van der Waals surface area contributed by atoms with Crippen LogP contribution in [0.5, 0.6) is 5.75 Å². The van der Waals surface area contributed by atoms with Gasteiger partial charge in [0.2, 0.25) is 0 Å². The third-order valence-electron chi connectivity index (χ3n) is 7.36. The molecule has 0 spiro atoms. The van der Waals surface area contributed by atoms with Crippen LogP contribution in [-0.2, 0) is 17.3 Å². The molecule has 0 radical (unpaired) electrons. The topological polar surface area (TPSA) is 18.5 Å². The van der Waals surface area contributed by atoms with Gasteiger partial charge in [0.25, 0.3) is 0 Å². The van der Waals surface area contributed by atoms with Gasteiger partial charge in [-0.2, -0.15) is 8.78 Å². The summed E-state index contributed by atoms with van der Waals surface area (Å²) in [6, 6.07) is 11.6. The highest BCUT2D eigenvalue weighted by molar-refractivity contribution is 5.28. The van der Waals surface area contributed by atoms with Crippen molar-refractivity contribution >= 4 is 0 Å². The largest absolute Gasteiger partial charge is 0.573 e. The van der Waals surface area contributed by atoms with Crippen molar-refractivity contribution in [1.29, 1.82) is 0 Å². The number of benzene rings is 2. The van der Waals surface area contributed by atoms with Crippen LogP contribution in [0.15, 0.2) is 48.5 Å². The van der Waals surface area contributed by atoms with Crippen LogP contribution in [0.25, 0.3) is 0 Å². The Bertz CT molecular complexity index is 901. The number of hydrogen-bond acceptors (Lipinski definition) is 2. The zero-order valence-electron chi connectivity index (χ0n) is 21.7. The Balaban J connectivity index is 1.39. The van der Waals surface area contributed by atoms with E-state index in [0.29, 0.717) is 11.5 Å². The second kappa shape index (κ2) is 14.1. The molecular weight excluding hydrogens is 487 g/mol. The van der Waals surface area contributed by atoms with Gasteiger partial charge in [0.15, 0.2) is 0 Å². The summed E-state index contributed by atoms with van der Waals surface area (Å²) in [5, 5.41) is 0. The standard InChI is InChI=1S/C30H39F5O2/c1-2-3-4-5-6-7-8-23-9-13-25(14-10-23)26-15-17-27(18-16-26)29(31,32)36-22-21-24-11-19-28(20-12-24)37-30(33,34)35/h11-12,15-20,23,25H,2-10,13-14,21-22H2,1H3/t23-,25-. The van der Waals surface area contributed by atoms with Gasteiger partial charge in [0, 0.05) is 0 Å². The lowest BCUT2D eigenvalue weighted by molar-refractivity contribution is -0.274. The highest BCUT2D eigenvalue weighted by Crippen LogP contribution is 2.39. The van der Waals surface area contributed by atoms with E-state index in [1.54, 1.807) is 12.1 Å². The summed E-state index contributed by atoms with van der Waals surface area (Å²) in [5.41, 5.74) is 1.49. The summed E-state index contributed by atoms with van der Waals surface area (Å²) < 4.78 is 74.5. The molecule has 1 saturated carbocycles. The molecular formula is C30H39F5O2. The van der Waals surface area contributed by atoms with E-state index in [4.69, 9.17) is 4.74 Å². The second-order valence-electron chi connectivity index (χ2n) is 10.2. The van der Waals surface area contributed by atoms with E-state index < -0.39 is 12.5 Å². The third kappa shape index (κ3) is 10.3. The Morgan fingerprint density at radius 3 is 2.00 bits per heavy atom. The molecule has 0 aliphatic heterocycles. The van der Waals surface area contributed by atoms with Gasteiger partial charge in [0.05, 0.1) is 12.2 Å². The summed E-state index contributed by atoms with van der Waals surface area (Å²) >= 11 is 0. The van der Waals surface area contributed by atoms with Crippen molar-refractivity contribution in [1.82, 2.24) is 0 Å². The first-order chi connectivity index (χ1) is 17.7. The van der Waals surface area contributed by atoms with Gasteiger partial charge in [0.1, 0.15) is 5.75 Å². The van der Waals surface area contributed by atoms with Crippen molar-refractivity contribution in [3.8, 4) is 5.75 Å². The monoisotopic (exact) mass is 526 g/mol. The first-order valence-electron chi connectivity index (χ1n) is 13.6. The summed E-state index contributed by atoms with van der Waals surface area (Å²) in [5.74, 6) is 0.871. The Morgan fingerprint density at radius 2 is 1.38 bits per heavy atom. The van der Waals surface area contributed by atoms with E-state index >= 15 is 0 Å². The zero-order valence-corrected chi connectivity index (χ0v) is 21.7. The molecule has 0 aromatic heterocycles. The molecule has 7 heteroatoms. The molecule has 1 aliphatic carbocycles. The second-order valence-corrected chi connectivity index (χ2v) is 10.2. The number of ether oxygens (including phenoxy) is 2. The molecule has 0 bridgehead atoms. The van der Waals surface area contributed by atoms with Crippen molar-refractivity contribution in [2.75, 3.05) is 6.61 Å². The summed E-state index contributed by atoms with van der Waals surface area (Å²) in [6.45, 7) is 1.97. The normalized spacial score (nSPS) is 18.6. The maximum absolute atomic E-state index is 14.6. The first-order valence-corrected chi connectivity index (χ1v) is 13.6. The van der Waals surface area contributed by atoms with Crippen LogP contribution in [-0.4, -0.2) is 13.0 Å². The van der Waals surface area contributed by atoms with Crippen molar-refractivity contribution in [3.63, 3.8) is 0 Å². The highest BCUT2D eigenvalue weighted by atomic mass is 19.4. The molecule has 2 aromatic carbocycles. The number of halogens is 5. The molecule has 0 heterocycles. The minimum absolute atomic E-state index is 0.141. The van der Waals surface area contributed by atoms with Gasteiger partial charge >= 0.3 is 12.5 Å². The average Bonchev–Trinajstić information content (AvgIpc) is 2.87. The third-order valence-corrected chi connectivity index (χ3v) is 7.36. The zero-order chi connectivity index (χ0) is 26.7. The lowest BCUT2D eigenvalue weighted by Crippen LogP contribution is -2.20. The predicted octanol–water partition coefficient (Wildman–Crippen LogP) is 9.92. The predicted molar refractivity (Wildman–Crippen MR) is 136 cm³/mol. The van der Waals surface area contributed by atoms with Gasteiger partial charge < -0.3 is 9.47 Å². The fourth-order valence-electron chi connectivity index (χ4n) is 5.19. The van der Waals surface area contributed by atoms with Crippen LogP contribution in [0.4, 0.5) is 22.0 Å². The minimum atomic E-state index is -4.77. The maximum atomic E-state index is 14.6. The van der Waals surface area contributed by atoms with Crippen molar-refractivity contribution in [3.05, 3.63) is 65.2 Å². The Kier molecular flexibility index (Phi) is 11.2. The lowest BCUT2D eigenvalue weighted by atomic mass is 9.77. The molecule has 0 unspecified atom stereocenters. The van der Waals surface area contributed by atoms with Gasteiger partial charge in [-0.3, -0.25) is 0 Å². The molecule has 3 rings (SSSR count). The van der Waals surface area contributed by atoms with Crippen LogP contribution < -0.4 is 4.74 Å². The van der Waals surface area contributed by atoms with Crippen LogP contribution in [0.2, 0.25) is 0 Å². The fraction of sp³-hybridized carbons (Fsp3) is 0.600. The molecule has 0 saturated heterocycles. The van der Waals surface area contributed by atoms with E-state index in [2.05, 4.69) is 11.7 Å². The van der Waals surface area contributed by atoms with Crippen LogP contribution in [0.3, 0.4) is 0 Å². The quantitative estimate of drug-likeness (QED) is 0.180. The number of hydrogen-bond donors (Lipinski definition) is 0. The smallest absolute Gasteiger partial charge is 0.406 e. The van der Waals surface area contributed by atoms with Crippen LogP contribution in [0, 0.1) is 5.92 Å². The molecule has 0 amide bonds. The lowest BCUT2D eigenvalue weighted by Gasteiger charge is -2.29. The van der Waals surface area contributed by atoms with E-state index in [1.807, 2.05) is 0 Å². The fourth-order valence-corrected chi connectivity index (χ4v) is 5.19. The van der Waals surface area contributed by atoms with Crippen molar-refractivity contribution in [2.45, 2.75) is 102 Å². The number of rotatable bonds is 14. The summed E-state index contributed by atoms with van der Waals surface area (Å²) in [7, 11) is 0. The van der Waals surface area contributed by atoms with Gasteiger partial charge in [-0.25, -0.2) is 0 Å². The Morgan fingerprint density at radius 1 is 0.757 bits per heavy atom. The molecule has 1 aliphatic rings. The molecule has 206 valence electrons. The van der Waals surface area contributed by atoms with E-state index in [1.165, 1.54) is 82.1 Å². The van der Waals surface area contributed by atoms with E-state index in [0.717, 1.165) is 36.5 Å². The molecule has 2 aromatic rings. The van der Waals surface area contributed by atoms with Gasteiger partial charge in [-0.15, -0.1) is 13.2 Å². The SMILES string of the molecule is CCCCCCCC[C@H]1CC[C@H](c2ccc(C(F)(F)OCCc3ccc(OC(F)(F)F)cc3)cc2)CC1. The van der Waals surface area contributed by atoms with Gasteiger partial charge in [-0.1, -0.05) is 88.3 Å². The number of unbranched alkanes of at least 4 members (excludes halogenated alkanes) is 5. The average molecular weight is 527 g/mol. The number of alkyl halides is 5.